The summed E-state index contributed by atoms with van der Waals surface area (Å²) in [5, 5.41) is 12.0. The van der Waals surface area contributed by atoms with Gasteiger partial charge in [0.05, 0.1) is 12.1 Å². The van der Waals surface area contributed by atoms with E-state index in [2.05, 4.69) is 21.2 Å². The third kappa shape index (κ3) is 2.31. The topological polar surface area (TPSA) is 49.3 Å². The number of hydrogen-bond donors (Lipinski definition) is 2. The van der Waals surface area contributed by atoms with E-state index in [1.165, 1.54) is 5.56 Å². The molecule has 0 bridgehead atoms. The maximum atomic E-state index is 10.6. The van der Waals surface area contributed by atoms with Gasteiger partial charge in [0.25, 0.3) is 0 Å². The van der Waals surface area contributed by atoms with Gasteiger partial charge in [0.15, 0.2) is 0 Å². The van der Waals surface area contributed by atoms with Crippen LogP contribution in [0.5, 0.6) is 0 Å². The summed E-state index contributed by atoms with van der Waals surface area (Å²) in [5.41, 5.74) is 2.31. The molecule has 1 unspecified atom stereocenters. The third-order valence-corrected chi connectivity index (χ3v) is 3.30. The lowest BCUT2D eigenvalue weighted by molar-refractivity contribution is -0.138. The Morgan fingerprint density at radius 1 is 1.60 bits per heavy atom. The Morgan fingerprint density at radius 3 is 3.13 bits per heavy atom. The lowest BCUT2D eigenvalue weighted by atomic mass is 9.92. The summed E-state index contributed by atoms with van der Waals surface area (Å²) in [6.07, 6.45) is 1.08. The first-order valence-electron chi connectivity index (χ1n) is 4.90. The molecule has 0 saturated heterocycles. The number of carbonyl (C=O) groups is 1. The molecule has 0 aliphatic carbocycles. The molecule has 1 atom stereocenters. The van der Waals surface area contributed by atoms with Gasteiger partial charge in [0.1, 0.15) is 0 Å². The highest BCUT2D eigenvalue weighted by Crippen LogP contribution is 2.32. The minimum Gasteiger partial charge on any atom is -0.481 e. The molecule has 1 aliphatic rings. The van der Waals surface area contributed by atoms with Gasteiger partial charge in [-0.3, -0.25) is 4.79 Å². The van der Waals surface area contributed by atoms with Gasteiger partial charge >= 0.3 is 5.97 Å². The van der Waals surface area contributed by atoms with E-state index in [9.17, 15) is 4.79 Å². The Balaban J connectivity index is 2.17. The summed E-state index contributed by atoms with van der Waals surface area (Å²) in [6.45, 7) is 0.738. The fourth-order valence-electron chi connectivity index (χ4n) is 1.96. The SMILES string of the molecule is O=C(O)CC1CNc2c(Br)cccc2C1. The first-order valence-corrected chi connectivity index (χ1v) is 5.69. The van der Waals surface area contributed by atoms with Gasteiger partial charge in [0, 0.05) is 11.0 Å². The molecule has 1 heterocycles. The number of halogens is 1. The van der Waals surface area contributed by atoms with Gasteiger partial charge in [-0.15, -0.1) is 0 Å². The predicted octanol–water partition coefficient (Wildman–Crippen LogP) is 2.51. The van der Waals surface area contributed by atoms with Crippen LogP contribution in [-0.4, -0.2) is 17.6 Å². The molecule has 0 spiro atoms. The molecule has 1 aromatic rings. The van der Waals surface area contributed by atoms with Crippen molar-refractivity contribution < 1.29 is 9.90 Å². The number of para-hydroxylation sites is 1. The molecule has 2 N–H and O–H groups in total. The molecule has 4 heteroatoms. The van der Waals surface area contributed by atoms with Crippen LogP contribution < -0.4 is 5.32 Å². The number of nitrogens with one attached hydrogen (secondary N) is 1. The second-order valence-corrected chi connectivity index (χ2v) is 4.68. The van der Waals surface area contributed by atoms with Gasteiger partial charge in [-0.2, -0.15) is 0 Å². The zero-order valence-electron chi connectivity index (χ0n) is 8.16. The molecule has 80 valence electrons. The maximum absolute atomic E-state index is 10.6. The van der Waals surface area contributed by atoms with Crippen LogP contribution in [0.4, 0.5) is 5.69 Å². The fourth-order valence-corrected chi connectivity index (χ4v) is 2.51. The molecule has 1 aromatic carbocycles. The average molecular weight is 270 g/mol. The van der Waals surface area contributed by atoms with Crippen LogP contribution in [0.3, 0.4) is 0 Å². The largest absolute Gasteiger partial charge is 0.481 e. The first kappa shape index (κ1) is 10.5. The van der Waals surface area contributed by atoms with Gasteiger partial charge in [-0.1, -0.05) is 12.1 Å². The average Bonchev–Trinajstić information content (AvgIpc) is 2.17. The second-order valence-electron chi connectivity index (χ2n) is 3.82. The third-order valence-electron chi connectivity index (χ3n) is 2.64. The van der Waals surface area contributed by atoms with Crippen molar-refractivity contribution in [2.24, 2.45) is 5.92 Å². The van der Waals surface area contributed by atoms with Gasteiger partial charge in [-0.25, -0.2) is 0 Å². The summed E-state index contributed by atoms with van der Waals surface area (Å²) in [6, 6.07) is 6.01. The standard InChI is InChI=1S/C11H12BrNO2/c12-9-3-1-2-8-4-7(5-10(14)15)6-13-11(8)9/h1-3,7,13H,4-6H2,(H,14,15). The van der Waals surface area contributed by atoms with Crippen LogP contribution in [-0.2, 0) is 11.2 Å². The highest BCUT2D eigenvalue weighted by molar-refractivity contribution is 9.10. The fraction of sp³-hybridized carbons (Fsp3) is 0.364. The highest BCUT2D eigenvalue weighted by Gasteiger charge is 2.21. The molecular formula is C11H12BrNO2. The van der Waals surface area contributed by atoms with E-state index >= 15 is 0 Å². The molecule has 2 rings (SSSR count). The summed E-state index contributed by atoms with van der Waals surface area (Å²) in [7, 11) is 0. The van der Waals surface area contributed by atoms with E-state index < -0.39 is 5.97 Å². The minimum absolute atomic E-state index is 0.198. The molecule has 0 saturated carbocycles. The van der Waals surface area contributed by atoms with Crippen molar-refractivity contribution in [3.8, 4) is 0 Å². The summed E-state index contributed by atoms with van der Waals surface area (Å²) >= 11 is 3.47. The number of carboxylic acid groups (broad SMARTS) is 1. The van der Waals surface area contributed by atoms with Crippen LogP contribution in [0.15, 0.2) is 22.7 Å². The van der Waals surface area contributed by atoms with E-state index in [0.717, 1.165) is 23.1 Å². The predicted molar refractivity (Wildman–Crippen MR) is 62.1 cm³/mol. The zero-order valence-corrected chi connectivity index (χ0v) is 9.75. The molecule has 1 aliphatic heterocycles. The Kier molecular flexibility index (Phi) is 2.95. The van der Waals surface area contributed by atoms with Crippen molar-refractivity contribution in [3.05, 3.63) is 28.2 Å². The van der Waals surface area contributed by atoms with Crippen LogP contribution in [0.2, 0.25) is 0 Å². The summed E-state index contributed by atoms with van der Waals surface area (Å²) < 4.78 is 1.05. The van der Waals surface area contributed by atoms with Gasteiger partial charge in [0.2, 0.25) is 0 Å². The van der Waals surface area contributed by atoms with Gasteiger partial charge in [-0.05, 0) is 39.9 Å². The first-order chi connectivity index (χ1) is 7.16. The normalized spacial score (nSPS) is 19.1. The Morgan fingerprint density at radius 2 is 2.40 bits per heavy atom. The molecule has 0 fully saturated rings. The van der Waals surface area contributed by atoms with Gasteiger partial charge < -0.3 is 10.4 Å². The summed E-state index contributed by atoms with van der Waals surface area (Å²) in [5.74, 6) is -0.524. The molecule has 3 nitrogen and oxygen atoms in total. The van der Waals surface area contributed by atoms with Crippen molar-refractivity contribution in [1.82, 2.24) is 0 Å². The quantitative estimate of drug-likeness (QED) is 0.868. The number of benzene rings is 1. The Labute approximate surface area is 96.6 Å². The second kappa shape index (κ2) is 4.23. The van der Waals surface area contributed by atoms with Crippen molar-refractivity contribution in [2.45, 2.75) is 12.8 Å². The van der Waals surface area contributed by atoms with Crippen molar-refractivity contribution >= 4 is 27.6 Å². The lowest BCUT2D eigenvalue weighted by Gasteiger charge is -2.25. The Bertz CT molecular complexity index is 392. The van der Waals surface area contributed by atoms with Crippen LogP contribution >= 0.6 is 15.9 Å². The zero-order chi connectivity index (χ0) is 10.8. The number of anilines is 1. The molecule has 0 aromatic heterocycles. The van der Waals surface area contributed by atoms with E-state index in [1.54, 1.807) is 0 Å². The number of aliphatic carboxylic acids is 1. The number of hydrogen-bond acceptors (Lipinski definition) is 2. The van der Waals surface area contributed by atoms with E-state index in [4.69, 9.17) is 5.11 Å². The van der Waals surface area contributed by atoms with Crippen molar-refractivity contribution in [1.29, 1.82) is 0 Å². The van der Waals surface area contributed by atoms with E-state index in [1.807, 2.05) is 18.2 Å². The lowest BCUT2D eigenvalue weighted by Crippen LogP contribution is -2.25. The maximum Gasteiger partial charge on any atom is 0.303 e. The van der Waals surface area contributed by atoms with Crippen LogP contribution in [0, 0.1) is 5.92 Å². The van der Waals surface area contributed by atoms with E-state index in [0.29, 0.717) is 0 Å². The monoisotopic (exact) mass is 269 g/mol. The highest BCUT2D eigenvalue weighted by atomic mass is 79.9. The number of fused-ring (bicyclic) bond motifs is 1. The van der Waals surface area contributed by atoms with E-state index in [-0.39, 0.29) is 12.3 Å². The molecular weight excluding hydrogens is 258 g/mol. The van der Waals surface area contributed by atoms with Crippen LogP contribution in [0.1, 0.15) is 12.0 Å². The van der Waals surface area contributed by atoms with Crippen molar-refractivity contribution in [2.75, 3.05) is 11.9 Å². The molecule has 0 radical (unpaired) electrons. The molecule has 15 heavy (non-hydrogen) atoms. The number of carboxylic acids is 1. The number of rotatable bonds is 2. The smallest absolute Gasteiger partial charge is 0.303 e. The minimum atomic E-state index is -0.722. The molecule has 0 amide bonds. The van der Waals surface area contributed by atoms with Crippen LogP contribution in [0.25, 0.3) is 0 Å². The summed E-state index contributed by atoms with van der Waals surface area (Å²) in [4.78, 5) is 10.6. The van der Waals surface area contributed by atoms with Crippen molar-refractivity contribution in [3.63, 3.8) is 0 Å². The Hall–Kier alpha value is -1.03.